The van der Waals surface area contributed by atoms with Crippen LogP contribution in [-0.2, 0) is 13.0 Å². The molecule has 3 heteroatoms. The summed E-state index contributed by atoms with van der Waals surface area (Å²) in [7, 11) is 0. The summed E-state index contributed by atoms with van der Waals surface area (Å²) in [6.07, 6.45) is 11.7. The maximum Gasteiger partial charge on any atom is 0.128 e. The topological polar surface area (TPSA) is 37.8 Å². The molecular formula is C22H29N3. The lowest BCUT2D eigenvalue weighted by Gasteiger charge is -2.55. The van der Waals surface area contributed by atoms with Crippen molar-refractivity contribution in [3.8, 4) is 0 Å². The normalized spacial score (nSPS) is 28.2. The van der Waals surface area contributed by atoms with E-state index in [0.29, 0.717) is 12.0 Å². The molecule has 0 spiro atoms. The van der Waals surface area contributed by atoms with E-state index in [2.05, 4.69) is 52.5 Å². The van der Waals surface area contributed by atoms with Gasteiger partial charge in [0.25, 0.3) is 0 Å². The van der Waals surface area contributed by atoms with Crippen molar-refractivity contribution in [2.75, 3.05) is 0 Å². The largest absolute Gasteiger partial charge is 0.309 e. The molecule has 0 aliphatic heterocycles. The highest BCUT2D eigenvalue weighted by atomic mass is 15.0. The predicted molar refractivity (Wildman–Crippen MR) is 101 cm³/mol. The summed E-state index contributed by atoms with van der Waals surface area (Å²) >= 11 is 0. The van der Waals surface area contributed by atoms with Gasteiger partial charge in [-0.2, -0.15) is 0 Å². The van der Waals surface area contributed by atoms with E-state index < -0.39 is 0 Å². The maximum absolute atomic E-state index is 4.50. The van der Waals surface area contributed by atoms with Crippen molar-refractivity contribution in [3.05, 3.63) is 59.7 Å². The molecule has 132 valence electrons. The molecule has 0 saturated heterocycles. The van der Waals surface area contributed by atoms with Crippen LogP contribution in [0.15, 0.2) is 42.7 Å². The van der Waals surface area contributed by atoms with Crippen molar-refractivity contribution in [3.63, 3.8) is 0 Å². The Balaban J connectivity index is 1.44. The zero-order valence-corrected chi connectivity index (χ0v) is 15.2. The third-order valence-electron chi connectivity index (χ3n) is 6.14. The number of aromatic nitrogens is 2. The number of rotatable bonds is 6. The molecule has 1 aromatic carbocycles. The molecule has 0 unspecified atom stereocenters. The highest BCUT2D eigenvalue weighted by molar-refractivity contribution is 5.28. The molecule has 25 heavy (non-hydrogen) atoms. The lowest BCUT2D eigenvalue weighted by atomic mass is 9.53. The second-order valence-corrected chi connectivity index (χ2v) is 7.71. The summed E-state index contributed by atoms with van der Waals surface area (Å²) in [5.41, 5.74) is 2.71. The van der Waals surface area contributed by atoms with Crippen LogP contribution >= 0.6 is 0 Å². The molecule has 1 N–H and O–H groups in total. The first-order valence-corrected chi connectivity index (χ1v) is 9.95. The zero-order chi connectivity index (χ0) is 17.1. The van der Waals surface area contributed by atoms with Gasteiger partial charge in [-0.1, -0.05) is 50.1 Å². The Hall–Kier alpha value is -1.74. The Morgan fingerprint density at radius 2 is 1.72 bits per heavy atom. The molecule has 3 nitrogen and oxygen atoms in total. The van der Waals surface area contributed by atoms with Gasteiger partial charge in [0.15, 0.2) is 0 Å². The van der Waals surface area contributed by atoms with Crippen LogP contribution in [-0.4, -0.2) is 16.0 Å². The van der Waals surface area contributed by atoms with Gasteiger partial charge in [-0.3, -0.25) is 0 Å². The van der Waals surface area contributed by atoms with E-state index >= 15 is 0 Å². The van der Waals surface area contributed by atoms with E-state index in [1.807, 2.05) is 12.4 Å². The first-order valence-electron chi connectivity index (χ1n) is 9.95. The smallest absolute Gasteiger partial charge is 0.128 e. The van der Waals surface area contributed by atoms with E-state index in [1.165, 1.54) is 36.8 Å². The van der Waals surface area contributed by atoms with Crippen LogP contribution < -0.4 is 5.32 Å². The van der Waals surface area contributed by atoms with Crippen molar-refractivity contribution in [2.45, 2.75) is 64.0 Å². The maximum atomic E-state index is 4.50. The third kappa shape index (κ3) is 3.48. The van der Waals surface area contributed by atoms with Gasteiger partial charge in [0.1, 0.15) is 5.82 Å². The van der Waals surface area contributed by atoms with Crippen LogP contribution in [0.25, 0.3) is 0 Å². The van der Waals surface area contributed by atoms with Crippen molar-refractivity contribution in [2.24, 2.45) is 11.8 Å². The van der Waals surface area contributed by atoms with Crippen LogP contribution in [0.1, 0.15) is 61.9 Å². The third-order valence-corrected chi connectivity index (χ3v) is 6.14. The van der Waals surface area contributed by atoms with Gasteiger partial charge in [0.05, 0.1) is 0 Å². The molecule has 1 heterocycles. The average Bonchev–Trinajstić information content (AvgIpc) is 2.65. The second kappa shape index (κ2) is 7.65. The highest BCUT2D eigenvalue weighted by Crippen LogP contribution is 2.54. The summed E-state index contributed by atoms with van der Waals surface area (Å²) in [6, 6.07) is 11.7. The summed E-state index contributed by atoms with van der Waals surface area (Å²) in [6.45, 7) is 3.04. The van der Waals surface area contributed by atoms with Crippen LogP contribution in [0.2, 0.25) is 0 Å². The lowest BCUT2D eigenvalue weighted by molar-refractivity contribution is 0.0254. The summed E-state index contributed by atoms with van der Waals surface area (Å²) in [4.78, 5) is 9.00. The second-order valence-electron chi connectivity index (χ2n) is 7.71. The molecule has 0 amide bonds. The van der Waals surface area contributed by atoms with Crippen molar-refractivity contribution in [1.29, 1.82) is 0 Å². The van der Waals surface area contributed by atoms with Gasteiger partial charge >= 0.3 is 0 Å². The van der Waals surface area contributed by atoms with Gasteiger partial charge in [0, 0.05) is 42.9 Å². The number of aryl methyl sites for hydroxylation is 1. The van der Waals surface area contributed by atoms with Crippen molar-refractivity contribution in [1.82, 2.24) is 15.3 Å². The monoisotopic (exact) mass is 335 g/mol. The Morgan fingerprint density at radius 3 is 2.44 bits per heavy atom. The number of nitrogens with one attached hydrogen (secondary N) is 1. The Labute approximate surface area is 151 Å². The fourth-order valence-corrected chi connectivity index (χ4v) is 4.94. The highest BCUT2D eigenvalue weighted by Gasteiger charge is 2.50. The molecule has 2 saturated carbocycles. The Morgan fingerprint density at radius 1 is 1.00 bits per heavy atom. The van der Waals surface area contributed by atoms with Crippen molar-refractivity contribution < 1.29 is 0 Å². The van der Waals surface area contributed by atoms with Gasteiger partial charge in [-0.25, -0.2) is 9.97 Å². The molecule has 2 aliphatic rings. The minimum atomic E-state index is 0.600. The van der Waals surface area contributed by atoms with E-state index in [1.54, 1.807) is 0 Å². The standard InChI is InChI=1S/C22H29N3/c1-2-8-20-23-13-16(14-24-20)15-25-22-19-12-7-6-11-18(19)21(22)17-9-4-3-5-10-17/h3-5,9-10,13-14,18-19,21-22,25H,2,6-8,11-12,15H2,1H3/t18-,19-,21+,22+/m1/s1. The van der Waals surface area contributed by atoms with E-state index in [0.717, 1.165) is 37.0 Å². The van der Waals surface area contributed by atoms with E-state index in [4.69, 9.17) is 0 Å². The van der Waals surface area contributed by atoms with Crippen LogP contribution in [0.3, 0.4) is 0 Å². The SMILES string of the molecule is CCCc1ncc(CN[C@H]2[C@@H]3CCCC[C@H]3[C@@H]2c2ccccc2)cn1. The summed E-state index contributed by atoms with van der Waals surface area (Å²) in [5.74, 6) is 3.35. The number of hydrogen-bond acceptors (Lipinski definition) is 3. The van der Waals surface area contributed by atoms with Crippen LogP contribution in [0.5, 0.6) is 0 Å². The fourth-order valence-electron chi connectivity index (χ4n) is 4.94. The van der Waals surface area contributed by atoms with E-state index in [9.17, 15) is 0 Å². The Kier molecular flexibility index (Phi) is 5.12. The molecular weight excluding hydrogens is 306 g/mol. The first kappa shape index (κ1) is 16.7. The van der Waals surface area contributed by atoms with Crippen molar-refractivity contribution >= 4 is 0 Å². The quantitative estimate of drug-likeness (QED) is 0.845. The fraction of sp³-hybridized carbons (Fsp3) is 0.545. The first-order chi connectivity index (χ1) is 12.4. The number of nitrogens with zero attached hydrogens (tertiary/aromatic N) is 2. The number of benzene rings is 1. The molecule has 0 bridgehead atoms. The van der Waals surface area contributed by atoms with E-state index in [-0.39, 0.29) is 0 Å². The van der Waals surface area contributed by atoms with Gasteiger partial charge in [-0.05, 0) is 36.7 Å². The zero-order valence-electron chi connectivity index (χ0n) is 15.2. The molecule has 2 aliphatic carbocycles. The van der Waals surface area contributed by atoms with Crippen LogP contribution in [0, 0.1) is 11.8 Å². The molecule has 4 rings (SSSR count). The number of hydrogen-bond donors (Lipinski definition) is 1. The average molecular weight is 335 g/mol. The molecule has 2 fully saturated rings. The van der Waals surface area contributed by atoms with Gasteiger partial charge in [-0.15, -0.1) is 0 Å². The summed E-state index contributed by atoms with van der Waals surface area (Å²) < 4.78 is 0. The molecule has 2 aromatic rings. The molecule has 0 radical (unpaired) electrons. The number of fused-ring (bicyclic) bond motifs is 1. The minimum Gasteiger partial charge on any atom is -0.309 e. The predicted octanol–water partition coefficient (Wildman–Crippen LogP) is 4.49. The van der Waals surface area contributed by atoms with Gasteiger partial charge in [0.2, 0.25) is 0 Å². The Bertz CT molecular complexity index is 667. The minimum absolute atomic E-state index is 0.600. The van der Waals surface area contributed by atoms with Gasteiger partial charge < -0.3 is 5.32 Å². The molecule has 4 atom stereocenters. The molecule has 1 aromatic heterocycles. The van der Waals surface area contributed by atoms with Crippen LogP contribution in [0.4, 0.5) is 0 Å². The summed E-state index contributed by atoms with van der Waals surface area (Å²) in [5, 5.41) is 3.85. The lowest BCUT2D eigenvalue weighted by Crippen LogP contribution is -2.57.